The van der Waals surface area contributed by atoms with Gasteiger partial charge in [0.05, 0.1) is 6.54 Å². The molecule has 4 rings (SSSR count). The molecular weight excluding hydrogens is 453 g/mol. The summed E-state index contributed by atoms with van der Waals surface area (Å²) in [7, 11) is 0. The van der Waals surface area contributed by atoms with E-state index in [0.29, 0.717) is 28.7 Å². The number of carbonyl (C=O) groups is 2. The van der Waals surface area contributed by atoms with E-state index in [1.165, 1.54) is 50.1 Å². The highest BCUT2D eigenvalue weighted by molar-refractivity contribution is 7.99. The molecule has 9 heteroatoms. The maximum absolute atomic E-state index is 13.5. The third kappa shape index (κ3) is 6.30. The molecule has 3 aromatic rings. The second-order valence-corrected chi connectivity index (χ2v) is 9.39. The third-order valence-corrected chi connectivity index (χ3v) is 6.67. The topological polar surface area (TPSA) is 80.1 Å². The van der Waals surface area contributed by atoms with Gasteiger partial charge in [-0.05, 0) is 81.4 Å². The van der Waals surface area contributed by atoms with E-state index in [-0.39, 0.29) is 23.9 Å². The van der Waals surface area contributed by atoms with Gasteiger partial charge in [0.15, 0.2) is 16.8 Å². The fourth-order valence-electron chi connectivity index (χ4n) is 3.91. The number of hydrogen-bond donors (Lipinski definition) is 1. The monoisotopic (exact) mass is 481 g/mol. The van der Waals surface area contributed by atoms with Gasteiger partial charge in [-0.3, -0.25) is 19.1 Å². The molecule has 2 heterocycles. The van der Waals surface area contributed by atoms with Crippen LogP contribution in [0.5, 0.6) is 0 Å². The summed E-state index contributed by atoms with van der Waals surface area (Å²) >= 11 is 1.45. The van der Waals surface area contributed by atoms with Gasteiger partial charge >= 0.3 is 0 Å². The van der Waals surface area contributed by atoms with Crippen molar-refractivity contribution in [1.82, 2.24) is 19.7 Å². The lowest BCUT2D eigenvalue weighted by Gasteiger charge is -2.26. The summed E-state index contributed by atoms with van der Waals surface area (Å²) in [5.74, 6) is 0.895. The van der Waals surface area contributed by atoms with Crippen LogP contribution >= 0.6 is 11.8 Å². The Morgan fingerprint density at radius 1 is 1.00 bits per heavy atom. The van der Waals surface area contributed by atoms with Crippen LogP contribution in [-0.4, -0.2) is 50.2 Å². The van der Waals surface area contributed by atoms with Gasteiger partial charge < -0.3 is 5.32 Å². The first kappa shape index (κ1) is 24.1. The lowest BCUT2D eigenvalue weighted by Crippen LogP contribution is -2.30. The van der Waals surface area contributed by atoms with Crippen molar-refractivity contribution in [2.75, 3.05) is 24.2 Å². The van der Waals surface area contributed by atoms with E-state index in [2.05, 4.69) is 20.4 Å². The highest BCUT2D eigenvalue weighted by atomic mass is 32.2. The van der Waals surface area contributed by atoms with E-state index < -0.39 is 0 Å². The van der Waals surface area contributed by atoms with Crippen LogP contribution in [0.4, 0.5) is 10.1 Å². The van der Waals surface area contributed by atoms with E-state index in [4.69, 9.17) is 0 Å². The van der Waals surface area contributed by atoms with E-state index in [0.717, 1.165) is 24.6 Å². The highest BCUT2D eigenvalue weighted by Gasteiger charge is 2.19. The van der Waals surface area contributed by atoms with Crippen LogP contribution in [0.25, 0.3) is 5.69 Å². The van der Waals surface area contributed by atoms with E-state index in [1.807, 2.05) is 4.57 Å². The molecule has 7 nitrogen and oxygen atoms in total. The van der Waals surface area contributed by atoms with Crippen LogP contribution in [0.2, 0.25) is 0 Å². The minimum atomic E-state index is -0.295. The Kier molecular flexibility index (Phi) is 8.08. The molecule has 1 N–H and O–H groups in total. The molecule has 0 saturated carbocycles. The smallest absolute Gasteiger partial charge is 0.225 e. The van der Waals surface area contributed by atoms with E-state index >= 15 is 0 Å². The van der Waals surface area contributed by atoms with Crippen LogP contribution in [-0.2, 0) is 11.3 Å². The normalized spacial score (nSPS) is 14.2. The van der Waals surface area contributed by atoms with Crippen LogP contribution in [0.15, 0.2) is 53.7 Å². The van der Waals surface area contributed by atoms with Gasteiger partial charge in [0.1, 0.15) is 5.82 Å². The van der Waals surface area contributed by atoms with Crippen LogP contribution in [0.3, 0.4) is 0 Å². The van der Waals surface area contributed by atoms with Gasteiger partial charge in [-0.2, -0.15) is 0 Å². The number of nitrogens with one attached hydrogen (secondary N) is 1. The molecule has 1 aliphatic heterocycles. The number of Topliss-reactive ketones (excluding diaryl/α,β-unsaturated/α-hetero) is 1. The van der Waals surface area contributed by atoms with Gasteiger partial charge in [0.25, 0.3) is 0 Å². The maximum Gasteiger partial charge on any atom is 0.225 e. The number of thioether (sulfide) groups is 1. The van der Waals surface area contributed by atoms with Crippen molar-refractivity contribution in [1.29, 1.82) is 0 Å². The number of anilines is 1. The first-order valence-electron chi connectivity index (χ1n) is 11.5. The minimum absolute atomic E-state index is 0.0146. The summed E-state index contributed by atoms with van der Waals surface area (Å²) in [6.45, 7) is 4.26. The van der Waals surface area contributed by atoms with Crippen LogP contribution in [0, 0.1) is 5.82 Å². The molecular formula is C25H28FN5O2S. The Morgan fingerprint density at radius 3 is 2.38 bits per heavy atom. The number of benzene rings is 2. The standard InChI is InChI=1S/C25H28FN5O2S/c1-18(32)19-5-9-21(10-6-19)27-24(33)13-16-34-25-29-28-23(17-30-14-3-2-4-15-30)31(25)22-11-7-20(26)8-12-22/h5-12H,2-4,13-17H2,1H3,(H,27,33). The fourth-order valence-corrected chi connectivity index (χ4v) is 4.82. The summed E-state index contributed by atoms with van der Waals surface area (Å²) in [4.78, 5) is 26.2. The molecule has 1 aliphatic rings. The zero-order valence-corrected chi connectivity index (χ0v) is 20.0. The third-order valence-electron chi connectivity index (χ3n) is 5.73. The average molecular weight is 482 g/mol. The van der Waals surface area contributed by atoms with Crippen molar-refractivity contribution in [3.8, 4) is 5.69 Å². The van der Waals surface area contributed by atoms with Crippen LogP contribution < -0.4 is 5.32 Å². The number of ketones is 1. The Balaban J connectivity index is 1.40. The number of rotatable bonds is 9. The van der Waals surface area contributed by atoms with Crippen LogP contribution in [0.1, 0.15) is 48.8 Å². The van der Waals surface area contributed by atoms with Gasteiger partial charge in [-0.15, -0.1) is 10.2 Å². The first-order chi connectivity index (χ1) is 16.5. The molecule has 0 bridgehead atoms. The van der Waals surface area contributed by atoms with Gasteiger partial charge in [-0.25, -0.2) is 4.39 Å². The molecule has 1 aromatic heterocycles. The SMILES string of the molecule is CC(=O)c1ccc(NC(=O)CCSc2nnc(CN3CCCCC3)n2-c2ccc(F)cc2)cc1. The highest BCUT2D eigenvalue weighted by Crippen LogP contribution is 2.25. The number of amides is 1. The quantitative estimate of drug-likeness (QED) is 0.352. The maximum atomic E-state index is 13.5. The van der Waals surface area contributed by atoms with Gasteiger partial charge in [0.2, 0.25) is 5.91 Å². The van der Waals surface area contributed by atoms with Crippen molar-refractivity contribution in [3.05, 3.63) is 65.7 Å². The number of carbonyl (C=O) groups excluding carboxylic acids is 2. The molecule has 0 aliphatic carbocycles. The second kappa shape index (κ2) is 11.4. The summed E-state index contributed by atoms with van der Waals surface area (Å²) in [6, 6.07) is 13.1. The molecule has 178 valence electrons. The summed E-state index contributed by atoms with van der Waals surface area (Å²) in [5, 5.41) is 12.3. The summed E-state index contributed by atoms with van der Waals surface area (Å²) < 4.78 is 15.5. The van der Waals surface area contributed by atoms with Crippen molar-refractivity contribution >= 4 is 29.1 Å². The summed E-state index contributed by atoms with van der Waals surface area (Å²) in [5.41, 5.74) is 2.06. The summed E-state index contributed by atoms with van der Waals surface area (Å²) in [6.07, 6.45) is 3.90. The molecule has 1 saturated heterocycles. The average Bonchev–Trinajstić information content (AvgIpc) is 3.22. The Hall–Kier alpha value is -3.04. The first-order valence-corrected chi connectivity index (χ1v) is 12.4. The lowest BCUT2D eigenvalue weighted by molar-refractivity contribution is -0.115. The molecule has 0 spiro atoms. The van der Waals surface area contributed by atoms with Gasteiger partial charge in [-0.1, -0.05) is 18.2 Å². The number of nitrogens with zero attached hydrogens (tertiary/aromatic N) is 4. The second-order valence-electron chi connectivity index (χ2n) is 8.33. The Morgan fingerprint density at radius 2 is 1.71 bits per heavy atom. The number of likely N-dealkylation sites (tertiary alicyclic amines) is 1. The number of hydrogen-bond acceptors (Lipinski definition) is 6. The largest absolute Gasteiger partial charge is 0.326 e. The van der Waals surface area contributed by atoms with Crippen molar-refractivity contribution in [2.45, 2.75) is 44.3 Å². The van der Waals surface area contributed by atoms with E-state index in [1.54, 1.807) is 36.4 Å². The molecule has 0 unspecified atom stereocenters. The van der Waals surface area contributed by atoms with Crippen molar-refractivity contribution in [3.63, 3.8) is 0 Å². The predicted molar refractivity (Wildman–Crippen MR) is 131 cm³/mol. The van der Waals surface area contributed by atoms with Gasteiger partial charge in [0, 0.05) is 29.1 Å². The molecule has 1 amide bonds. The molecule has 0 atom stereocenters. The lowest BCUT2D eigenvalue weighted by atomic mass is 10.1. The van der Waals surface area contributed by atoms with Crippen molar-refractivity contribution < 1.29 is 14.0 Å². The fraction of sp³-hybridized carbons (Fsp3) is 0.360. The van der Waals surface area contributed by atoms with Crippen molar-refractivity contribution in [2.24, 2.45) is 0 Å². The molecule has 1 fully saturated rings. The predicted octanol–water partition coefficient (Wildman–Crippen LogP) is 4.72. The Bertz CT molecular complexity index is 1130. The number of aromatic nitrogens is 3. The Labute approximate surface area is 202 Å². The minimum Gasteiger partial charge on any atom is -0.326 e. The number of halogens is 1. The molecule has 34 heavy (non-hydrogen) atoms. The number of piperidine rings is 1. The van der Waals surface area contributed by atoms with E-state index in [9.17, 15) is 14.0 Å². The molecule has 0 radical (unpaired) electrons. The zero-order valence-electron chi connectivity index (χ0n) is 19.2. The zero-order chi connectivity index (χ0) is 23.9. The molecule has 2 aromatic carbocycles.